The molecule has 70 valence electrons. The summed E-state index contributed by atoms with van der Waals surface area (Å²) in [7, 11) is 0. The highest BCUT2D eigenvalue weighted by Gasteiger charge is 2.05. The summed E-state index contributed by atoms with van der Waals surface area (Å²) in [4.78, 5) is 0. The molecule has 0 saturated heterocycles. The Morgan fingerprint density at radius 1 is 1.62 bits per heavy atom. The van der Waals surface area contributed by atoms with Gasteiger partial charge in [-0.1, -0.05) is 23.7 Å². The van der Waals surface area contributed by atoms with Gasteiger partial charge in [0.15, 0.2) is 0 Å². The van der Waals surface area contributed by atoms with Crippen LogP contribution in [-0.2, 0) is 0 Å². The summed E-state index contributed by atoms with van der Waals surface area (Å²) in [6.07, 6.45) is 2.61. The first kappa shape index (κ1) is 11.0. The molecule has 0 saturated carbocycles. The van der Waals surface area contributed by atoms with Gasteiger partial charge in [-0.15, -0.1) is 6.58 Å². The van der Waals surface area contributed by atoms with E-state index in [-0.39, 0.29) is 6.04 Å². The number of rotatable bonds is 3. The molecule has 13 heavy (non-hydrogen) atoms. The summed E-state index contributed by atoms with van der Waals surface area (Å²) in [5, 5.41) is 0.773. The minimum absolute atomic E-state index is 0.0308. The van der Waals surface area contributed by atoms with Crippen LogP contribution in [0.3, 0.4) is 0 Å². The van der Waals surface area contributed by atoms with E-state index in [1.165, 1.54) is 0 Å². The molecule has 0 radical (unpaired) electrons. The minimum Gasteiger partial charge on any atom is -0.324 e. The van der Waals surface area contributed by atoms with Crippen molar-refractivity contribution < 1.29 is 0 Å². The lowest BCUT2D eigenvalue weighted by Crippen LogP contribution is -2.08. The van der Waals surface area contributed by atoms with Gasteiger partial charge >= 0.3 is 0 Å². The highest BCUT2D eigenvalue weighted by atomic mass is 127. The molecular formula is C10H11ClIN. The van der Waals surface area contributed by atoms with Crippen LogP contribution in [0.2, 0.25) is 5.02 Å². The number of benzene rings is 1. The van der Waals surface area contributed by atoms with Crippen LogP contribution in [0.5, 0.6) is 0 Å². The number of hydrogen-bond acceptors (Lipinski definition) is 1. The monoisotopic (exact) mass is 307 g/mol. The van der Waals surface area contributed by atoms with Gasteiger partial charge < -0.3 is 5.73 Å². The highest BCUT2D eigenvalue weighted by molar-refractivity contribution is 14.1. The van der Waals surface area contributed by atoms with Crippen molar-refractivity contribution in [2.45, 2.75) is 12.5 Å². The van der Waals surface area contributed by atoms with Gasteiger partial charge in [0.05, 0.1) is 5.02 Å². The smallest absolute Gasteiger partial charge is 0.0539 e. The predicted molar refractivity (Wildman–Crippen MR) is 65.9 cm³/mol. The maximum Gasteiger partial charge on any atom is 0.0539 e. The standard InChI is InChI=1S/C10H11ClIN/c1-2-3-10(13)7-4-5-8(11)9(12)6-7/h2,4-6,10H,1,3,13H2/t10-/m1/s1. The molecule has 1 aromatic carbocycles. The van der Waals surface area contributed by atoms with E-state index in [1.807, 2.05) is 24.3 Å². The van der Waals surface area contributed by atoms with Gasteiger partial charge in [0.1, 0.15) is 0 Å². The third kappa shape index (κ3) is 2.97. The van der Waals surface area contributed by atoms with E-state index >= 15 is 0 Å². The van der Waals surface area contributed by atoms with Crippen LogP contribution in [0.4, 0.5) is 0 Å². The molecule has 0 amide bonds. The van der Waals surface area contributed by atoms with Crippen molar-refractivity contribution >= 4 is 34.2 Å². The molecule has 1 atom stereocenters. The molecule has 0 aromatic heterocycles. The first-order chi connectivity index (χ1) is 6.15. The first-order valence-corrected chi connectivity index (χ1v) is 5.42. The Morgan fingerprint density at radius 3 is 2.85 bits per heavy atom. The molecule has 0 aliphatic carbocycles. The summed E-state index contributed by atoms with van der Waals surface area (Å²) in [6.45, 7) is 3.66. The summed E-state index contributed by atoms with van der Waals surface area (Å²) in [5.41, 5.74) is 7.01. The lowest BCUT2D eigenvalue weighted by Gasteiger charge is -2.10. The van der Waals surface area contributed by atoms with Crippen molar-refractivity contribution in [3.8, 4) is 0 Å². The predicted octanol–water partition coefficient (Wildman–Crippen LogP) is 3.52. The molecule has 1 aromatic rings. The van der Waals surface area contributed by atoms with Crippen LogP contribution >= 0.6 is 34.2 Å². The zero-order valence-corrected chi connectivity index (χ0v) is 10.0. The largest absolute Gasteiger partial charge is 0.324 e. The van der Waals surface area contributed by atoms with Crippen LogP contribution in [-0.4, -0.2) is 0 Å². The molecule has 3 heteroatoms. The first-order valence-electron chi connectivity index (χ1n) is 3.96. The van der Waals surface area contributed by atoms with E-state index < -0.39 is 0 Å². The fourth-order valence-corrected chi connectivity index (χ4v) is 1.72. The zero-order chi connectivity index (χ0) is 9.84. The molecule has 0 spiro atoms. The second-order valence-corrected chi connectivity index (χ2v) is 4.37. The SMILES string of the molecule is C=CC[C@@H](N)c1ccc(Cl)c(I)c1. The van der Waals surface area contributed by atoms with Crippen LogP contribution in [0.25, 0.3) is 0 Å². The third-order valence-corrected chi connectivity index (χ3v) is 3.33. The van der Waals surface area contributed by atoms with E-state index in [4.69, 9.17) is 17.3 Å². The summed E-state index contributed by atoms with van der Waals surface area (Å²) < 4.78 is 1.04. The van der Waals surface area contributed by atoms with Crippen molar-refractivity contribution in [3.63, 3.8) is 0 Å². The Labute approximate surface area is 97.1 Å². The molecule has 2 N–H and O–H groups in total. The molecule has 1 nitrogen and oxygen atoms in total. The van der Waals surface area contributed by atoms with Gasteiger partial charge in [0.2, 0.25) is 0 Å². The van der Waals surface area contributed by atoms with E-state index in [9.17, 15) is 0 Å². The van der Waals surface area contributed by atoms with E-state index in [0.29, 0.717) is 0 Å². The van der Waals surface area contributed by atoms with E-state index in [2.05, 4.69) is 29.2 Å². The van der Waals surface area contributed by atoms with Crippen molar-refractivity contribution in [1.29, 1.82) is 0 Å². The fourth-order valence-electron chi connectivity index (χ4n) is 1.06. The Hall–Kier alpha value is -0.0600. The molecule has 0 aliphatic heterocycles. The maximum absolute atomic E-state index is 5.91. The summed E-state index contributed by atoms with van der Waals surface area (Å²) in [6, 6.07) is 5.88. The van der Waals surface area contributed by atoms with Gasteiger partial charge in [-0.3, -0.25) is 0 Å². The maximum atomic E-state index is 5.91. The topological polar surface area (TPSA) is 26.0 Å². The lowest BCUT2D eigenvalue weighted by molar-refractivity contribution is 0.741. The van der Waals surface area contributed by atoms with Crippen molar-refractivity contribution in [2.24, 2.45) is 5.73 Å². The average Bonchev–Trinajstić information content (AvgIpc) is 2.10. The van der Waals surface area contributed by atoms with Gasteiger partial charge in [-0.2, -0.15) is 0 Å². The molecule has 0 fully saturated rings. The molecule has 1 rings (SSSR count). The van der Waals surface area contributed by atoms with Gasteiger partial charge in [-0.05, 0) is 46.7 Å². The quantitative estimate of drug-likeness (QED) is 0.671. The van der Waals surface area contributed by atoms with Crippen LogP contribution < -0.4 is 5.73 Å². The number of hydrogen-bond donors (Lipinski definition) is 1. The molecular weight excluding hydrogens is 296 g/mol. The van der Waals surface area contributed by atoms with Crippen molar-refractivity contribution in [2.75, 3.05) is 0 Å². The Bertz CT molecular complexity index is 312. The number of nitrogens with two attached hydrogens (primary N) is 1. The Morgan fingerprint density at radius 2 is 2.31 bits per heavy atom. The van der Waals surface area contributed by atoms with Crippen molar-refractivity contribution in [3.05, 3.63) is 45.0 Å². The van der Waals surface area contributed by atoms with E-state index in [1.54, 1.807) is 0 Å². The Kier molecular flexibility index (Phi) is 4.22. The van der Waals surface area contributed by atoms with Crippen molar-refractivity contribution in [1.82, 2.24) is 0 Å². The second kappa shape index (κ2) is 4.98. The lowest BCUT2D eigenvalue weighted by atomic mass is 10.1. The minimum atomic E-state index is 0.0308. The van der Waals surface area contributed by atoms with Crippen LogP contribution in [0, 0.1) is 3.57 Å². The fraction of sp³-hybridized carbons (Fsp3) is 0.200. The number of halogens is 2. The van der Waals surface area contributed by atoms with Gasteiger partial charge in [-0.25, -0.2) is 0 Å². The normalized spacial score (nSPS) is 12.5. The molecule has 0 heterocycles. The van der Waals surface area contributed by atoms with Crippen LogP contribution in [0.1, 0.15) is 18.0 Å². The highest BCUT2D eigenvalue weighted by Crippen LogP contribution is 2.23. The zero-order valence-electron chi connectivity index (χ0n) is 7.13. The summed E-state index contributed by atoms with van der Waals surface area (Å²) >= 11 is 8.09. The Balaban J connectivity index is 2.89. The molecule has 0 aliphatic rings. The molecule has 0 unspecified atom stereocenters. The second-order valence-electron chi connectivity index (χ2n) is 2.80. The van der Waals surface area contributed by atoms with Gasteiger partial charge in [0, 0.05) is 9.61 Å². The third-order valence-electron chi connectivity index (χ3n) is 1.79. The van der Waals surface area contributed by atoms with Crippen LogP contribution in [0.15, 0.2) is 30.9 Å². The van der Waals surface area contributed by atoms with Gasteiger partial charge in [0.25, 0.3) is 0 Å². The summed E-state index contributed by atoms with van der Waals surface area (Å²) in [5.74, 6) is 0. The molecule has 0 bridgehead atoms. The van der Waals surface area contributed by atoms with E-state index in [0.717, 1.165) is 20.6 Å². The average molecular weight is 308 g/mol.